The van der Waals surface area contributed by atoms with Crippen molar-refractivity contribution >= 4 is 44.2 Å². The number of carbonyl (C=O) groups excluding carboxylic acids is 1. The van der Waals surface area contributed by atoms with Crippen molar-refractivity contribution in [3.8, 4) is 0 Å². The Morgan fingerprint density at radius 1 is 0.933 bits per heavy atom. The summed E-state index contributed by atoms with van der Waals surface area (Å²) >= 11 is 2.11. The Labute approximate surface area is 191 Å². The van der Waals surface area contributed by atoms with E-state index in [-0.39, 0.29) is 11.3 Å². The molecule has 30 heavy (non-hydrogen) atoms. The molecule has 7 heteroatoms. The van der Waals surface area contributed by atoms with Gasteiger partial charge in [0.15, 0.2) is 0 Å². The van der Waals surface area contributed by atoms with E-state index in [4.69, 9.17) is 0 Å². The van der Waals surface area contributed by atoms with Gasteiger partial charge >= 0.3 is 0 Å². The van der Waals surface area contributed by atoms with Crippen LogP contribution in [0.25, 0.3) is 0 Å². The highest BCUT2D eigenvalue weighted by Gasteiger charge is 2.26. The summed E-state index contributed by atoms with van der Waals surface area (Å²) in [6.45, 7) is 3.96. The molecule has 5 nitrogen and oxygen atoms in total. The SMILES string of the molecule is Cc1ccc(NC(=O)[C@@H](Cc2ccccc2)NS(=O)(=O)c2ccc(I)cc2)cc1C. The van der Waals surface area contributed by atoms with Crippen molar-refractivity contribution in [2.45, 2.75) is 31.2 Å². The highest BCUT2D eigenvalue weighted by Crippen LogP contribution is 2.17. The Balaban J connectivity index is 1.86. The Morgan fingerprint density at radius 3 is 2.23 bits per heavy atom. The maximum Gasteiger partial charge on any atom is 0.242 e. The number of hydrogen-bond donors (Lipinski definition) is 2. The van der Waals surface area contributed by atoms with Crippen LogP contribution in [0.5, 0.6) is 0 Å². The van der Waals surface area contributed by atoms with Crippen molar-refractivity contribution in [2.75, 3.05) is 5.32 Å². The van der Waals surface area contributed by atoms with E-state index in [0.29, 0.717) is 5.69 Å². The van der Waals surface area contributed by atoms with Gasteiger partial charge in [-0.15, -0.1) is 0 Å². The zero-order valence-corrected chi connectivity index (χ0v) is 19.7. The van der Waals surface area contributed by atoms with Gasteiger partial charge in [-0.3, -0.25) is 4.79 Å². The molecule has 0 heterocycles. The van der Waals surface area contributed by atoms with Crippen molar-refractivity contribution in [1.82, 2.24) is 4.72 Å². The van der Waals surface area contributed by atoms with Crippen molar-refractivity contribution in [3.05, 3.63) is 93.1 Å². The van der Waals surface area contributed by atoms with Gasteiger partial charge < -0.3 is 5.32 Å². The molecule has 2 N–H and O–H groups in total. The van der Waals surface area contributed by atoms with Crippen LogP contribution in [0, 0.1) is 17.4 Å². The van der Waals surface area contributed by atoms with Crippen LogP contribution in [0.4, 0.5) is 5.69 Å². The van der Waals surface area contributed by atoms with Gasteiger partial charge in [0.2, 0.25) is 15.9 Å². The highest BCUT2D eigenvalue weighted by atomic mass is 127. The van der Waals surface area contributed by atoms with Crippen LogP contribution in [0.15, 0.2) is 77.7 Å². The van der Waals surface area contributed by atoms with Crippen molar-refractivity contribution in [1.29, 1.82) is 0 Å². The minimum absolute atomic E-state index is 0.125. The second kappa shape index (κ2) is 9.72. The Bertz CT molecular complexity index is 1130. The fourth-order valence-electron chi connectivity index (χ4n) is 2.96. The molecule has 0 saturated carbocycles. The second-order valence-electron chi connectivity index (χ2n) is 7.11. The minimum atomic E-state index is -3.86. The summed E-state index contributed by atoms with van der Waals surface area (Å²) in [7, 11) is -3.86. The molecule has 3 aromatic rings. The third kappa shape index (κ3) is 5.90. The summed E-state index contributed by atoms with van der Waals surface area (Å²) in [5.41, 5.74) is 3.66. The predicted molar refractivity (Wildman–Crippen MR) is 128 cm³/mol. The first-order valence-electron chi connectivity index (χ1n) is 9.44. The first kappa shape index (κ1) is 22.5. The van der Waals surface area contributed by atoms with Gasteiger partial charge in [0, 0.05) is 9.26 Å². The summed E-state index contributed by atoms with van der Waals surface area (Å²) in [6.07, 6.45) is 0.237. The molecule has 0 spiro atoms. The first-order valence-corrected chi connectivity index (χ1v) is 12.0. The molecule has 3 rings (SSSR count). The molecule has 0 aliphatic carbocycles. The summed E-state index contributed by atoms with van der Waals surface area (Å²) in [6, 6.07) is 20.5. The third-order valence-electron chi connectivity index (χ3n) is 4.79. The molecular formula is C23H23IN2O3S. The molecule has 0 aliphatic rings. The van der Waals surface area contributed by atoms with E-state index in [1.165, 1.54) is 12.1 Å². The molecule has 0 radical (unpaired) electrons. The summed E-state index contributed by atoms with van der Waals surface area (Å²) in [5.74, 6) is -0.406. The van der Waals surface area contributed by atoms with E-state index in [2.05, 4.69) is 32.6 Å². The summed E-state index contributed by atoms with van der Waals surface area (Å²) in [4.78, 5) is 13.2. The fraction of sp³-hybridized carbons (Fsp3) is 0.174. The number of rotatable bonds is 7. The Hall–Kier alpha value is -2.23. The van der Waals surface area contributed by atoms with E-state index >= 15 is 0 Å². The molecule has 3 aromatic carbocycles. The lowest BCUT2D eigenvalue weighted by atomic mass is 10.1. The number of benzene rings is 3. The van der Waals surface area contributed by atoms with Crippen LogP contribution in [0.2, 0.25) is 0 Å². The van der Waals surface area contributed by atoms with Crippen LogP contribution in [0.3, 0.4) is 0 Å². The zero-order valence-electron chi connectivity index (χ0n) is 16.7. The van der Waals surface area contributed by atoms with Crippen molar-refractivity contribution < 1.29 is 13.2 Å². The number of amides is 1. The molecule has 1 atom stereocenters. The van der Waals surface area contributed by atoms with Crippen LogP contribution in [0.1, 0.15) is 16.7 Å². The predicted octanol–water partition coefficient (Wildman–Crippen LogP) is 4.44. The van der Waals surface area contributed by atoms with E-state index in [1.807, 2.05) is 62.4 Å². The topological polar surface area (TPSA) is 75.3 Å². The second-order valence-corrected chi connectivity index (χ2v) is 10.1. The quantitative estimate of drug-likeness (QED) is 0.441. The smallest absolute Gasteiger partial charge is 0.242 e. The maximum absolute atomic E-state index is 13.0. The van der Waals surface area contributed by atoms with Gasteiger partial charge in [0.1, 0.15) is 6.04 Å². The Morgan fingerprint density at radius 2 is 1.60 bits per heavy atom. The lowest BCUT2D eigenvalue weighted by Gasteiger charge is -2.19. The standard InChI is InChI=1S/C23H23IN2O3S/c1-16-8-11-20(14-17(16)2)25-23(27)22(15-18-6-4-3-5-7-18)26-30(28,29)21-12-9-19(24)10-13-21/h3-14,22,26H,15H2,1-2H3,(H,25,27)/t22-/m1/s1. The Kier molecular flexibility index (Phi) is 7.27. The number of nitrogens with one attached hydrogen (secondary N) is 2. The van der Waals surface area contributed by atoms with Crippen molar-refractivity contribution in [2.24, 2.45) is 0 Å². The molecule has 0 aliphatic heterocycles. The van der Waals surface area contributed by atoms with Crippen molar-refractivity contribution in [3.63, 3.8) is 0 Å². The van der Waals surface area contributed by atoms with Gasteiger partial charge in [-0.2, -0.15) is 4.72 Å². The fourth-order valence-corrected chi connectivity index (χ4v) is 4.51. The van der Waals surface area contributed by atoms with Crippen LogP contribution < -0.4 is 10.0 Å². The van der Waals surface area contributed by atoms with E-state index in [9.17, 15) is 13.2 Å². The third-order valence-corrected chi connectivity index (χ3v) is 7.00. The van der Waals surface area contributed by atoms with Crippen LogP contribution in [-0.2, 0) is 21.2 Å². The molecule has 0 saturated heterocycles. The normalized spacial score (nSPS) is 12.4. The van der Waals surface area contributed by atoms with Gasteiger partial charge in [0.05, 0.1) is 4.90 Å². The number of aryl methyl sites for hydroxylation is 2. The largest absolute Gasteiger partial charge is 0.325 e. The number of hydrogen-bond acceptors (Lipinski definition) is 3. The maximum atomic E-state index is 13.0. The van der Waals surface area contributed by atoms with Crippen LogP contribution >= 0.6 is 22.6 Å². The highest BCUT2D eigenvalue weighted by molar-refractivity contribution is 14.1. The first-order chi connectivity index (χ1) is 14.2. The van der Waals surface area contributed by atoms with Gasteiger partial charge in [0.25, 0.3) is 0 Å². The monoisotopic (exact) mass is 534 g/mol. The zero-order chi connectivity index (χ0) is 21.7. The van der Waals surface area contributed by atoms with Gasteiger partial charge in [-0.1, -0.05) is 36.4 Å². The van der Waals surface area contributed by atoms with Gasteiger partial charge in [-0.25, -0.2) is 8.42 Å². The average molecular weight is 534 g/mol. The summed E-state index contributed by atoms with van der Waals surface area (Å²) in [5, 5.41) is 2.85. The average Bonchev–Trinajstić information content (AvgIpc) is 2.71. The molecule has 0 bridgehead atoms. The molecule has 0 fully saturated rings. The van der Waals surface area contributed by atoms with Gasteiger partial charge in [-0.05, 0) is 95.9 Å². The summed E-state index contributed by atoms with van der Waals surface area (Å²) < 4.78 is 29.3. The molecule has 0 unspecified atom stereocenters. The molecule has 1 amide bonds. The lowest BCUT2D eigenvalue weighted by Crippen LogP contribution is -2.45. The number of halogens is 1. The number of sulfonamides is 1. The molecule has 0 aromatic heterocycles. The lowest BCUT2D eigenvalue weighted by molar-refractivity contribution is -0.117. The van der Waals surface area contributed by atoms with E-state index in [0.717, 1.165) is 20.3 Å². The number of anilines is 1. The van der Waals surface area contributed by atoms with E-state index < -0.39 is 22.0 Å². The molecule has 156 valence electrons. The molecular weight excluding hydrogens is 511 g/mol. The minimum Gasteiger partial charge on any atom is -0.325 e. The number of carbonyl (C=O) groups is 1. The van der Waals surface area contributed by atoms with E-state index in [1.54, 1.807) is 12.1 Å². The van der Waals surface area contributed by atoms with Crippen LogP contribution in [-0.4, -0.2) is 20.4 Å².